The smallest absolute Gasteiger partial charge is 0.309 e. The summed E-state index contributed by atoms with van der Waals surface area (Å²) in [6.07, 6.45) is 0.265. The lowest BCUT2D eigenvalue weighted by atomic mass is 9.85. The van der Waals surface area contributed by atoms with Crippen LogP contribution in [0.25, 0.3) is 0 Å². The predicted octanol–water partition coefficient (Wildman–Crippen LogP) is 3.01. The zero-order chi connectivity index (χ0) is 13.9. The fraction of sp³-hybridized carbons (Fsp3) is 0.462. The summed E-state index contributed by atoms with van der Waals surface area (Å²) in [5.41, 5.74) is -0.283. The Kier molecular flexibility index (Phi) is 4.46. The number of aliphatic carboxylic acids is 1. The maximum atomic E-state index is 11.2. The van der Waals surface area contributed by atoms with E-state index in [4.69, 9.17) is 26.2 Å². The molecule has 0 heterocycles. The maximum absolute atomic E-state index is 11.2. The highest BCUT2D eigenvalue weighted by Gasteiger charge is 2.30. The third-order valence-electron chi connectivity index (χ3n) is 2.80. The Bertz CT molecular complexity index is 455. The van der Waals surface area contributed by atoms with Crippen LogP contribution in [0, 0.1) is 5.41 Å². The van der Waals surface area contributed by atoms with Crippen LogP contribution in [0.15, 0.2) is 12.1 Å². The SMILES string of the molecule is COc1ccc(OC)c(CC(C)(C)C(=O)O)c1Cl. The minimum absolute atomic E-state index is 0.265. The van der Waals surface area contributed by atoms with Crippen LogP contribution >= 0.6 is 11.6 Å². The minimum atomic E-state index is -0.927. The number of hydrogen-bond donors (Lipinski definition) is 1. The maximum Gasteiger partial charge on any atom is 0.309 e. The molecule has 1 aromatic carbocycles. The number of methoxy groups -OCH3 is 2. The number of carboxylic acids is 1. The van der Waals surface area contributed by atoms with Gasteiger partial charge in [-0.25, -0.2) is 0 Å². The van der Waals surface area contributed by atoms with Crippen LogP contribution in [0.1, 0.15) is 19.4 Å². The van der Waals surface area contributed by atoms with Crippen molar-refractivity contribution < 1.29 is 19.4 Å². The van der Waals surface area contributed by atoms with E-state index in [1.165, 1.54) is 14.2 Å². The van der Waals surface area contributed by atoms with E-state index in [1.807, 2.05) is 0 Å². The molecule has 0 aliphatic rings. The lowest BCUT2D eigenvalue weighted by molar-refractivity contribution is -0.146. The van der Waals surface area contributed by atoms with E-state index in [0.717, 1.165) is 0 Å². The molecule has 0 aliphatic carbocycles. The van der Waals surface area contributed by atoms with Gasteiger partial charge in [-0.05, 0) is 32.4 Å². The minimum Gasteiger partial charge on any atom is -0.496 e. The average molecular weight is 273 g/mol. The van der Waals surface area contributed by atoms with E-state index >= 15 is 0 Å². The van der Waals surface area contributed by atoms with Crippen molar-refractivity contribution in [2.75, 3.05) is 14.2 Å². The van der Waals surface area contributed by atoms with Gasteiger partial charge in [0.25, 0.3) is 0 Å². The third kappa shape index (κ3) is 2.88. The standard InChI is InChI=1S/C13H17ClO4/c1-13(2,12(15)16)7-8-9(17-3)5-6-10(18-4)11(8)14/h5-6H,7H2,1-4H3,(H,15,16). The largest absolute Gasteiger partial charge is 0.496 e. The summed E-state index contributed by atoms with van der Waals surface area (Å²) in [6, 6.07) is 3.41. The fourth-order valence-corrected chi connectivity index (χ4v) is 1.91. The van der Waals surface area contributed by atoms with E-state index in [-0.39, 0.29) is 6.42 Å². The van der Waals surface area contributed by atoms with Crippen LogP contribution in [0.2, 0.25) is 5.02 Å². The molecule has 5 heteroatoms. The second-order valence-electron chi connectivity index (χ2n) is 4.63. The molecular formula is C13H17ClO4. The van der Waals surface area contributed by atoms with Gasteiger partial charge in [0.2, 0.25) is 0 Å². The first kappa shape index (κ1) is 14.6. The van der Waals surface area contributed by atoms with Gasteiger partial charge >= 0.3 is 5.97 Å². The Morgan fingerprint density at radius 2 is 1.78 bits per heavy atom. The van der Waals surface area contributed by atoms with Crippen LogP contribution in [0.5, 0.6) is 11.5 Å². The molecule has 1 rings (SSSR count). The Morgan fingerprint density at radius 3 is 2.22 bits per heavy atom. The van der Waals surface area contributed by atoms with E-state index in [0.29, 0.717) is 22.1 Å². The Labute approximate surface area is 111 Å². The Hall–Kier alpha value is -1.42. The molecule has 1 N–H and O–H groups in total. The summed E-state index contributed by atoms with van der Waals surface area (Å²) in [7, 11) is 3.04. The van der Waals surface area contributed by atoms with Crippen LogP contribution in [0.4, 0.5) is 0 Å². The molecule has 0 amide bonds. The van der Waals surface area contributed by atoms with Gasteiger partial charge in [0, 0.05) is 5.56 Å². The monoisotopic (exact) mass is 272 g/mol. The second kappa shape index (κ2) is 5.48. The summed E-state index contributed by atoms with van der Waals surface area (Å²) < 4.78 is 10.3. The Balaban J connectivity index is 3.25. The normalized spacial score (nSPS) is 11.2. The summed E-state index contributed by atoms with van der Waals surface area (Å²) in [5.74, 6) is 0.187. The molecule has 100 valence electrons. The van der Waals surface area contributed by atoms with Gasteiger partial charge in [-0.1, -0.05) is 11.6 Å². The van der Waals surface area contributed by atoms with Gasteiger partial charge in [0.05, 0.1) is 24.7 Å². The fourth-order valence-electron chi connectivity index (χ4n) is 1.61. The summed E-state index contributed by atoms with van der Waals surface area (Å²) in [6.45, 7) is 3.29. The van der Waals surface area contributed by atoms with Gasteiger partial charge in [-0.3, -0.25) is 4.79 Å². The zero-order valence-electron chi connectivity index (χ0n) is 10.9. The molecule has 0 aromatic heterocycles. The quantitative estimate of drug-likeness (QED) is 0.895. The number of carbonyl (C=O) groups is 1. The molecule has 0 atom stereocenters. The summed E-state index contributed by atoms with van der Waals surface area (Å²) in [4.78, 5) is 11.2. The van der Waals surface area contributed by atoms with Crippen molar-refractivity contribution in [3.8, 4) is 11.5 Å². The highest BCUT2D eigenvalue weighted by molar-refractivity contribution is 6.33. The Morgan fingerprint density at radius 1 is 1.28 bits per heavy atom. The van der Waals surface area contributed by atoms with Crippen molar-refractivity contribution in [1.29, 1.82) is 0 Å². The molecule has 0 fully saturated rings. The van der Waals surface area contributed by atoms with Gasteiger partial charge in [0.1, 0.15) is 11.5 Å². The number of carboxylic acid groups (broad SMARTS) is 1. The highest BCUT2D eigenvalue weighted by Crippen LogP contribution is 2.38. The van der Waals surface area contributed by atoms with E-state index in [9.17, 15) is 4.79 Å². The van der Waals surface area contributed by atoms with Crippen molar-refractivity contribution in [2.24, 2.45) is 5.41 Å². The van der Waals surface area contributed by atoms with E-state index < -0.39 is 11.4 Å². The van der Waals surface area contributed by atoms with Gasteiger partial charge in [0.15, 0.2) is 0 Å². The van der Waals surface area contributed by atoms with Crippen molar-refractivity contribution in [3.63, 3.8) is 0 Å². The topological polar surface area (TPSA) is 55.8 Å². The first-order valence-corrected chi connectivity index (χ1v) is 5.84. The molecule has 4 nitrogen and oxygen atoms in total. The van der Waals surface area contributed by atoms with Crippen molar-refractivity contribution >= 4 is 17.6 Å². The number of rotatable bonds is 5. The van der Waals surface area contributed by atoms with Crippen molar-refractivity contribution in [2.45, 2.75) is 20.3 Å². The molecule has 0 aliphatic heterocycles. The van der Waals surface area contributed by atoms with Gasteiger partial charge in [-0.15, -0.1) is 0 Å². The number of benzene rings is 1. The zero-order valence-corrected chi connectivity index (χ0v) is 11.7. The molecule has 18 heavy (non-hydrogen) atoms. The first-order chi connectivity index (χ1) is 8.33. The first-order valence-electron chi connectivity index (χ1n) is 5.46. The molecule has 0 radical (unpaired) electrons. The molecule has 0 bridgehead atoms. The van der Waals surface area contributed by atoms with Crippen molar-refractivity contribution in [3.05, 3.63) is 22.7 Å². The van der Waals surface area contributed by atoms with Crippen molar-refractivity contribution in [1.82, 2.24) is 0 Å². The van der Waals surface area contributed by atoms with E-state index in [2.05, 4.69) is 0 Å². The molecule has 1 aromatic rings. The summed E-state index contributed by atoms with van der Waals surface area (Å²) >= 11 is 6.21. The average Bonchev–Trinajstić information content (AvgIpc) is 2.31. The lowest BCUT2D eigenvalue weighted by Gasteiger charge is -2.22. The predicted molar refractivity (Wildman–Crippen MR) is 69.7 cm³/mol. The third-order valence-corrected chi connectivity index (χ3v) is 3.22. The van der Waals surface area contributed by atoms with Gasteiger partial charge in [-0.2, -0.15) is 0 Å². The molecule has 0 saturated carbocycles. The molecule has 0 saturated heterocycles. The van der Waals surface area contributed by atoms with Crippen LogP contribution in [-0.4, -0.2) is 25.3 Å². The summed E-state index contributed by atoms with van der Waals surface area (Å²) in [5, 5.41) is 9.56. The van der Waals surface area contributed by atoms with Crippen LogP contribution < -0.4 is 9.47 Å². The second-order valence-corrected chi connectivity index (χ2v) is 5.01. The van der Waals surface area contributed by atoms with Crippen LogP contribution in [-0.2, 0) is 11.2 Å². The number of ether oxygens (including phenoxy) is 2. The van der Waals surface area contributed by atoms with Crippen LogP contribution in [0.3, 0.4) is 0 Å². The highest BCUT2D eigenvalue weighted by atomic mass is 35.5. The van der Waals surface area contributed by atoms with E-state index in [1.54, 1.807) is 26.0 Å². The molecule has 0 unspecified atom stereocenters. The molecular weight excluding hydrogens is 256 g/mol. The number of halogens is 1. The lowest BCUT2D eigenvalue weighted by Crippen LogP contribution is -2.26. The molecule has 0 spiro atoms. The van der Waals surface area contributed by atoms with Gasteiger partial charge < -0.3 is 14.6 Å². The number of hydrogen-bond acceptors (Lipinski definition) is 3.